The zero-order valence-corrected chi connectivity index (χ0v) is 8.21. The second-order valence-electron chi connectivity index (χ2n) is 3.83. The van der Waals surface area contributed by atoms with Crippen molar-refractivity contribution in [3.8, 4) is 0 Å². The van der Waals surface area contributed by atoms with Crippen LogP contribution < -0.4 is 0 Å². The van der Waals surface area contributed by atoms with E-state index in [-0.39, 0.29) is 0 Å². The second-order valence-corrected chi connectivity index (χ2v) is 3.83. The lowest BCUT2D eigenvalue weighted by Crippen LogP contribution is -1.90. The van der Waals surface area contributed by atoms with Crippen LogP contribution in [0.3, 0.4) is 0 Å². The van der Waals surface area contributed by atoms with E-state index >= 15 is 0 Å². The smallest absolute Gasteiger partial charge is 0.135 e. The highest BCUT2D eigenvalue weighted by atomic mass is 16.3. The average molecular weight is 184 g/mol. The minimum Gasteiger partial charge on any atom is -0.456 e. The summed E-state index contributed by atoms with van der Waals surface area (Å²) in [5, 5.41) is 1.33. The van der Waals surface area contributed by atoms with Gasteiger partial charge in [-0.05, 0) is 37.5 Å². The molecule has 0 atom stereocenters. The van der Waals surface area contributed by atoms with Gasteiger partial charge < -0.3 is 4.42 Å². The first-order valence-electron chi connectivity index (χ1n) is 5.04. The Morgan fingerprint density at radius 2 is 2.21 bits per heavy atom. The summed E-state index contributed by atoms with van der Waals surface area (Å²) >= 11 is 0. The highest BCUT2D eigenvalue weighted by molar-refractivity contribution is 5.88. The average Bonchev–Trinajstić information content (AvgIpc) is 2.57. The lowest BCUT2D eigenvalue weighted by molar-refractivity contribution is 0.595. The lowest BCUT2D eigenvalue weighted by atomic mass is 9.98. The van der Waals surface area contributed by atoms with E-state index in [2.05, 4.69) is 37.3 Å². The van der Waals surface area contributed by atoms with Crippen LogP contribution >= 0.6 is 0 Å². The van der Waals surface area contributed by atoms with Crippen molar-refractivity contribution in [2.24, 2.45) is 0 Å². The molecule has 0 amide bonds. The molecule has 0 saturated carbocycles. The van der Waals surface area contributed by atoms with E-state index in [0.29, 0.717) is 0 Å². The first-order chi connectivity index (χ1) is 6.86. The highest BCUT2D eigenvalue weighted by Gasteiger charge is 2.15. The Balaban J connectivity index is 2.45. The molecule has 0 saturated heterocycles. The molecule has 0 aliphatic heterocycles. The Kier molecular flexibility index (Phi) is 1.54. The molecule has 0 radical (unpaired) electrons. The van der Waals surface area contributed by atoms with Gasteiger partial charge >= 0.3 is 0 Å². The van der Waals surface area contributed by atoms with Crippen LogP contribution in [0.4, 0.5) is 0 Å². The van der Waals surface area contributed by atoms with E-state index < -0.39 is 0 Å². The zero-order chi connectivity index (χ0) is 9.54. The van der Waals surface area contributed by atoms with E-state index in [9.17, 15) is 0 Å². The first kappa shape index (κ1) is 7.86. The predicted octanol–water partition coefficient (Wildman–Crippen LogP) is 3.70. The third-order valence-corrected chi connectivity index (χ3v) is 2.88. The lowest BCUT2D eigenvalue weighted by Gasteiger charge is -2.03. The molecule has 3 rings (SSSR count). The normalized spacial score (nSPS) is 14.6. The molecule has 2 aromatic rings. The van der Waals surface area contributed by atoms with E-state index in [4.69, 9.17) is 4.42 Å². The molecule has 0 unspecified atom stereocenters. The Labute approximate surface area is 83.0 Å². The minimum atomic E-state index is 1.03. The standard InChI is InChI=1S/C13H12O/c1-9-5-4-8-12-13(9)10-6-2-3-7-11(10)14-12/h3-5,7-8H,2,6H2,1H3. The Hall–Kier alpha value is -1.50. The SMILES string of the molecule is Cc1cccc2oc3c(c12)CCC=C3. The number of furan rings is 1. The zero-order valence-electron chi connectivity index (χ0n) is 8.21. The van der Waals surface area contributed by atoms with E-state index in [1.807, 2.05) is 0 Å². The number of aryl methyl sites for hydroxylation is 2. The molecule has 1 aliphatic carbocycles. The monoisotopic (exact) mass is 184 g/mol. The van der Waals surface area contributed by atoms with Crippen LogP contribution in [0.15, 0.2) is 28.7 Å². The van der Waals surface area contributed by atoms with Gasteiger partial charge in [-0.2, -0.15) is 0 Å². The van der Waals surface area contributed by atoms with Gasteiger partial charge in [0.1, 0.15) is 11.3 Å². The molecule has 1 nitrogen and oxygen atoms in total. The molecule has 0 spiro atoms. The van der Waals surface area contributed by atoms with Crippen molar-refractivity contribution in [1.82, 2.24) is 0 Å². The van der Waals surface area contributed by atoms with Crippen molar-refractivity contribution in [2.45, 2.75) is 19.8 Å². The Morgan fingerprint density at radius 1 is 1.29 bits per heavy atom. The maximum atomic E-state index is 5.78. The molecule has 0 fully saturated rings. The predicted molar refractivity (Wildman–Crippen MR) is 58.3 cm³/mol. The quantitative estimate of drug-likeness (QED) is 0.608. The van der Waals surface area contributed by atoms with Gasteiger partial charge in [0, 0.05) is 10.9 Å². The van der Waals surface area contributed by atoms with Gasteiger partial charge in [-0.3, -0.25) is 0 Å². The van der Waals surface area contributed by atoms with Crippen molar-refractivity contribution in [2.75, 3.05) is 0 Å². The summed E-state index contributed by atoms with van der Waals surface area (Å²) in [6, 6.07) is 6.25. The van der Waals surface area contributed by atoms with Crippen molar-refractivity contribution in [1.29, 1.82) is 0 Å². The van der Waals surface area contributed by atoms with E-state index in [1.54, 1.807) is 0 Å². The van der Waals surface area contributed by atoms with Crippen LogP contribution in [-0.2, 0) is 6.42 Å². The second kappa shape index (κ2) is 2.74. The van der Waals surface area contributed by atoms with Crippen molar-refractivity contribution in [3.05, 3.63) is 41.2 Å². The molecule has 0 N–H and O–H groups in total. The fourth-order valence-corrected chi connectivity index (χ4v) is 2.22. The minimum absolute atomic E-state index is 1.03. The molecular formula is C13H12O. The van der Waals surface area contributed by atoms with Gasteiger partial charge in [0.15, 0.2) is 0 Å². The van der Waals surface area contributed by atoms with Gasteiger partial charge in [0.2, 0.25) is 0 Å². The number of fused-ring (bicyclic) bond motifs is 3. The van der Waals surface area contributed by atoms with Crippen molar-refractivity contribution >= 4 is 17.0 Å². The van der Waals surface area contributed by atoms with Crippen LogP contribution in [0.25, 0.3) is 17.0 Å². The Morgan fingerprint density at radius 3 is 3.14 bits per heavy atom. The maximum absolute atomic E-state index is 5.78. The molecular weight excluding hydrogens is 172 g/mol. The molecule has 1 heterocycles. The third-order valence-electron chi connectivity index (χ3n) is 2.88. The van der Waals surface area contributed by atoms with Gasteiger partial charge in [0.05, 0.1) is 0 Å². The maximum Gasteiger partial charge on any atom is 0.135 e. The highest BCUT2D eigenvalue weighted by Crippen LogP contribution is 2.32. The molecule has 1 aromatic heterocycles. The molecule has 1 aromatic carbocycles. The van der Waals surface area contributed by atoms with Gasteiger partial charge in [0.25, 0.3) is 0 Å². The summed E-state index contributed by atoms with van der Waals surface area (Å²) < 4.78 is 5.78. The van der Waals surface area contributed by atoms with Crippen LogP contribution in [0, 0.1) is 6.92 Å². The first-order valence-corrected chi connectivity index (χ1v) is 5.04. The molecule has 1 heteroatoms. The van der Waals surface area contributed by atoms with Crippen molar-refractivity contribution in [3.63, 3.8) is 0 Å². The van der Waals surface area contributed by atoms with Crippen molar-refractivity contribution < 1.29 is 4.42 Å². The number of rotatable bonds is 0. The molecule has 1 aliphatic rings. The summed E-state index contributed by atoms with van der Waals surface area (Å²) in [5.74, 6) is 1.06. The Bertz CT molecular complexity index is 517. The summed E-state index contributed by atoms with van der Waals surface area (Å²) in [6.45, 7) is 2.15. The molecule has 14 heavy (non-hydrogen) atoms. The summed E-state index contributed by atoms with van der Waals surface area (Å²) in [5.41, 5.74) is 3.74. The van der Waals surface area contributed by atoms with Crippen LogP contribution in [0.2, 0.25) is 0 Å². The van der Waals surface area contributed by atoms with E-state index in [1.165, 1.54) is 16.5 Å². The van der Waals surface area contributed by atoms with E-state index in [0.717, 1.165) is 24.2 Å². The van der Waals surface area contributed by atoms with Gasteiger partial charge in [-0.25, -0.2) is 0 Å². The van der Waals surface area contributed by atoms with Gasteiger partial charge in [-0.1, -0.05) is 18.2 Å². The largest absolute Gasteiger partial charge is 0.456 e. The fourth-order valence-electron chi connectivity index (χ4n) is 2.22. The van der Waals surface area contributed by atoms with Crippen LogP contribution in [-0.4, -0.2) is 0 Å². The van der Waals surface area contributed by atoms with Crippen LogP contribution in [0.1, 0.15) is 23.3 Å². The number of allylic oxidation sites excluding steroid dienone is 1. The number of benzene rings is 1. The molecule has 0 bridgehead atoms. The topological polar surface area (TPSA) is 13.1 Å². The summed E-state index contributed by atoms with van der Waals surface area (Å²) in [7, 11) is 0. The summed E-state index contributed by atoms with van der Waals surface area (Å²) in [6.07, 6.45) is 6.53. The number of hydrogen-bond acceptors (Lipinski definition) is 1. The third kappa shape index (κ3) is 0.955. The number of hydrogen-bond donors (Lipinski definition) is 0. The fraction of sp³-hybridized carbons (Fsp3) is 0.231. The summed E-state index contributed by atoms with van der Waals surface area (Å²) in [4.78, 5) is 0. The molecule has 70 valence electrons. The van der Waals surface area contributed by atoms with Crippen LogP contribution in [0.5, 0.6) is 0 Å². The van der Waals surface area contributed by atoms with Gasteiger partial charge in [-0.15, -0.1) is 0 Å².